The van der Waals surface area contributed by atoms with Crippen LogP contribution in [0.15, 0.2) is 36.4 Å². The molecular formula is C16H17FN2O2. The van der Waals surface area contributed by atoms with Crippen molar-refractivity contribution in [1.82, 2.24) is 0 Å². The van der Waals surface area contributed by atoms with Gasteiger partial charge in [-0.05, 0) is 49.7 Å². The molecule has 0 bridgehead atoms. The Labute approximate surface area is 122 Å². The molecule has 2 aromatic carbocycles. The second kappa shape index (κ2) is 6.26. The summed E-state index contributed by atoms with van der Waals surface area (Å²) in [6.45, 7) is 3.98. The number of ether oxygens (including phenoxy) is 1. The van der Waals surface area contributed by atoms with Crippen molar-refractivity contribution >= 4 is 17.3 Å². The number of anilines is 2. The molecule has 2 aromatic rings. The molecule has 0 heterocycles. The Morgan fingerprint density at radius 2 is 2.10 bits per heavy atom. The number of hydrogen-bond acceptors (Lipinski definition) is 3. The molecule has 0 spiro atoms. The van der Waals surface area contributed by atoms with Gasteiger partial charge in [-0.1, -0.05) is 6.07 Å². The smallest absolute Gasteiger partial charge is 0.261 e. The van der Waals surface area contributed by atoms with Crippen molar-refractivity contribution in [2.45, 2.75) is 13.8 Å². The summed E-state index contributed by atoms with van der Waals surface area (Å²) in [4.78, 5) is 12.4. The summed E-state index contributed by atoms with van der Waals surface area (Å²) in [7, 11) is 0. The van der Waals surface area contributed by atoms with E-state index in [2.05, 4.69) is 5.32 Å². The summed E-state index contributed by atoms with van der Waals surface area (Å²) in [5, 5.41) is 2.73. The molecular weight excluding hydrogens is 271 g/mol. The van der Waals surface area contributed by atoms with Gasteiger partial charge in [-0.2, -0.15) is 0 Å². The van der Waals surface area contributed by atoms with E-state index in [1.54, 1.807) is 25.1 Å². The van der Waals surface area contributed by atoms with Crippen LogP contribution in [0, 0.1) is 12.7 Å². The van der Waals surface area contributed by atoms with Crippen LogP contribution in [0.2, 0.25) is 0 Å². The van der Waals surface area contributed by atoms with Gasteiger partial charge in [0.2, 0.25) is 0 Å². The zero-order valence-electron chi connectivity index (χ0n) is 11.9. The Morgan fingerprint density at radius 3 is 2.76 bits per heavy atom. The maximum atomic E-state index is 13.1. The van der Waals surface area contributed by atoms with Crippen LogP contribution in [0.3, 0.4) is 0 Å². The van der Waals surface area contributed by atoms with E-state index in [0.29, 0.717) is 29.3 Å². The van der Waals surface area contributed by atoms with Crippen molar-refractivity contribution in [2.24, 2.45) is 0 Å². The number of amides is 1. The summed E-state index contributed by atoms with van der Waals surface area (Å²) in [6.07, 6.45) is 0. The van der Waals surface area contributed by atoms with Crippen LogP contribution >= 0.6 is 0 Å². The third kappa shape index (κ3) is 3.31. The van der Waals surface area contributed by atoms with Gasteiger partial charge in [0.15, 0.2) is 0 Å². The molecule has 0 unspecified atom stereocenters. The zero-order valence-corrected chi connectivity index (χ0v) is 11.9. The van der Waals surface area contributed by atoms with Crippen molar-refractivity contribution in [2.75, 3.05) is 17.7 Å². The van der Waals surface area contributed by atoms with Crippen LogP contribution in [0.5, 0.6) is 5.75 Å². The highest BCUT2D eigenvalue weighted by Crippen LogP contribution is 2.26. The molecule has 2 rings (SSSR count). The standard InChI is InChI=1S/C16H17FN2O2/c1-3-21-14-6-4-5-12(18)15(14)16(20)19-13-8-7-11(17)9-10(13)2/h4-9H,3,18H2,1-2H3,(H,19,20). The predicted molar refractivity (Wildman–Crippen MR) is 81.1 cm³/mol. The average molecular weight is 288 g/mol. The van der Waals surface area contributed by atoms with Gasteiger partial charge >= 0.3 is 0 Å². The summed E-state index contributed by atoms with van der Waals surface area (Å²) in [6, 6.07) is 9.21. The fourth-order valence-corrected chi connectivity index (χ4v) is 2.02. The number of nitrogens with two attached hydrogens (primary N) is 1. The zero-order chi connectivity index (χ0) is 15.4. The molecule has 110 valence electrons. The topological polar surface area (TPSA) is 64.3 Å². The third-order valence-corrected chi connectivity index (χ3v) is 3.02. The van der Waals surface area contributed by atoms with Crippen LogP contribution < -0.4 is 15.8 Å². The van der Waals surface area contributed by atoms with Crippen molar-refractivity contribution < 1.29 is 13.9 Å². The second-order valence-corrected chi connectivity index (χ2v) is 4.57. The molecule has 0 aromatic heterocycles. The molecule has 21 heavy (non-hydrogen) atoms. The van der Waals surface area contributed by atoms with E-state index in [1.807, 2.05) is 6.92 Å². The molecule has 5 heteroatoms. The Morgan fingerprint density at radius 1 is 1.33 bits per heavy atom. The highest BCUT2D eigenvalue weighted by molar-refractivity contribution is 6.10. The Kier molecular flexibility index (Phi) is 4.42. The van der Waals surface area contributed by atoms with E-state index in [9.17, 15) is 9.18 Å². The number of nitrogens with one attached hydrogen (secondary N) is 1. The fraction of sp³-hybridized carbons (Fsp3) is 0.188. The van der Waals surface area contributed by atoms with Crippen LogP contribution in [-0.2, 0) is 0 Å². The molecule has 0 aliphatic rings. The van der Waals surface area contributed by atoms with Gasteiger partial charge in [0, 0.05) is 11.4 Å². The number of halogens is 1. The second-order valence-electron chi connectivity index (χ2n) is 4.57. The maximum Gasteiger partial charge on any atom is 0.261 e. The maximum absolute atomic E-state index is 13.1. The number of carbonyl (C=O) groups is 1. The van der Waals surface area contributed by atoms with Gasteiger partial charge in [-0.3, -0.25) is 4.79 Å². The average Bonchev–Trinajstić information content (AvgIpc) is 2.42. The highest BCUT2D eigenvalue weighted by atomic mass is 19.1. The number of aryl methyl sites for hydroxylation is 1. The molecule has 0 aliphatic heterocycles. The number of hydrogen-bond donors (Lipinski definition) is 2. The van der Waals surface area contributed by atoms with Gasteiger partial charge in [-0.15, -0.1) is 0 Å². The minimum Gasteiger partial charge on any atom is -0.493 e. The monoisotopic (exact) mass is 288 g/mol. The van der Waals surface area contributed by atoms with E-state index in [0.717, 1.165) is 0 Å². The van der Waals surface area contributed by atoms with Crippen molar-refractivity contribution in [1.29, 1.82) is 0 Å². The molecule has 3 N–H and O–H groups in total. The van der Waals surface area contributed by atoms with Crippen LogP contribution in [-0.4, -0.2) is 12.5 Å². The first-order chi connectivity index (χ1) is 10.0. The minimum atomic E-state index is -0.383. The normalized spacial score (nSPS) is 10.2. The fourth-order valence-electron chi connectivity index (χ4n) is 2.02. The summed E-state index contributed by atoms with van der Waals surface area (Å²) < 4.78 is 18.5. The Bertz CT molecular complexity index is 671. The molecule has 0 aliphatic carbocycles. The molecule has 0 radical (unpaired) electrons. The van der Waals surface area contributed by atoms with Crippen LogP contribution in [0.4, 0.5) is 15.8 Å². The first-order valence-corrected chi connectivity index (χ1v) is 6.61. The summed E-state index contributed by atoms with van der Waals surface area (Å²) >= 11 is 0. The summed E-state index contributed by atoms with van der Waals surface area (Å²) in [5.41, 5.74) is 7.65. The lowest BCUT2D eigenvalue weighted by molar-refractivity contribution is 0.102. The minimum absolute atomic E-state index is 0.281. The lowest BCUT2D eigenvalue weighted by atomic mass is 10.1. The first-order valence-electron chi connectivity index (χ1n) is 6.61. The van der Waals surface area contributed by atoms with Crippen LogP contribution in [0.1, 0.15) is 22.8 Å². The number of carbonyl (C=O) groups excluding carboxylic acids is 1. The van der Waals surface area contributed by atoms with E-state index >= 15 is 0 Å². The molecule has 0 atom stereocenters. The van der Waals surface area contributed by atoms with E-state index in [-0.39, 0.29) is 17.3 Å². The van der Waals surface area contributed by atoms with Gasteiger partial charge in [0.05, 0.1) is 6.61 Å². The van der Waals surface area contributed by atoms with E-state index < -0.39 is 0 Å². The van der Waals surface area contributed by atoms with E-state index in [4.69, 9.17) is 10.5 Å². The van der Waals surface area contributed by atoms with Crippen molar-refractivity contribution in [3.63, 3.8) is 0 Å². The first kappa shape index (κ1) is 14.8. The third-order valence-electron chi connectivity index (χ3n) is 3.02. The Balaban J connectivity index is 2.32. The number of rotatable bonds is 4. The molecule has 0 saturated heterocycles. The van der Waals surface area contributed by atoms with Gasteiger partial charge < -0.3 is 15.8 Å². The van der Waals surface area contributed by atoms with Crippen LogP contribution in [0.25, 0.3) is 0 Å². The molecule has 0 fully saturated rings. The van der Waals surface area contributed by atoms with Gasteiger partial charge in [-0.25, -0.2) is 4.39 Å². The molecule has 1 amide bonds. The lowest BCUT2D eigenvalue weighted by Gasteiger charge is -2.13. The Hall–Kier alpha value is -2.56. The summed E-state index contributed by atoms with van der Waals surface area (Å²) in [5.74, 6) is -0.305. The quantitative estimate of drug-likeness (QED) is 0.848. The number of nitrogen functional groups attached to an aromatic ring is 1. The molecule has 0 saturated carbocycles. The largest absolute Gasteiger partial charge is 0.493 e. The molecule has 4 nitrogen and oxygen atoms in total. The lowest BCUT2D eigenvalue weighted by Crippen LogP contribution is -2.16. The van der Waals surface area contributed by atoms with Gasteiger partial charge in [0.25, 0.3) is 5.91 Å². The predicted octanol–water partition coefficient (Wildman–Crippen LogP) is 3.37. The van der Waals surface area contributed by atoms with Crippen molar-refractivity contribution in [3.8, 4) is 5.75 Å². The van der Waals surface area contributed by atoms with Gasteiger partial charge in [0.1, 0.15) is 17.1 Å². The van der Waals surface area contributed by atoms with E-state index in [1.165, 1.54) is 18.2 Å². The number of benzene rings is 2. The SMILES string of the molecule is CCOc1cccc(N)c1C(=O)Nc1ccc(F)cc1C. The van der Waals surface area contributed by atoms with Crippen molar-refractivity contribution in [3.05, 3.63) is 53.3 Å². The highest BCUT2D eigenvalue weighted by Gasteiger charge is 2.17.